The zero-order valence-electron chi connectivity index (χ0n) is 9.78. The van der Waals surface area contributed by atoms with E-state index in [1.54, 1.807) is 0 Å². The topological polar surface area (TPSA) is 30.9 Å². The van der Waals surface area contributed by atoms with E-state index in [4.69, 9.17) is 17.3 Å². The van der Waals surface area contributed by atoms with Crippen molar-refractivity contribution in [1.82, 2.24) is 4.57 Å². The van der Waals surface area contributed by atoms with Crippen molar-refractivity contribution in [3.05, 3.63) is 46.6 Å². The maximum atomic E-state index is 6.08. The van der Waals surface area contributed by atoms with Crippen molar-refractivity contribution in [2.45, 2.75) is 25.9 Å². The second-order valence-corrected chi connectivity index (χ2v) is 5.23. The average molecular weight is 247 g/mol. The number of hydrogen-bond acceptors (Lipinski definition) is 1. The highest BCUT2D eigenvalue weighted by atomic mass is 35.5. The lowest BCUT2D eigenvalue weighted by molar-refractivity contribution is 0.596. The third kappa shape index (κ3) is 1.78. The van der Waals surface area contributed by atoms with Gasteiger partial charge in [0.1, 0.15) is 0 Å². The fourth-order valence-corrected chi connectivity index (χ4v) is 2.75. The molecule has 2 nitrogen and oxygen atoms in total. The predicted octanol–water partition coefficient (Wildman–Crippen LogP) is 3.06. The van der Waals surface area contributed by atoms with Crippen LogP contribution in [0.2, 0.25) is 5.02 Å². The van der Waals surface area contributed by atoms with Crippen LogP contribution in [0.3, 0.4) is 0 Å². The van der Waals surface area contributed by atoms with E-state index in [-0.39, 0.29) is 6.04 Å². The Morgan fingerprint density at radius 2 is 2.18 bits per heavy atom. The van der Waals surface area contributed by atoms with Gasteiger partial charge >= 0.3 is 0 Å². The van der Waals surface area contributed by atoms with E-state index in [2.05, 4.69) is 29.0 Å². The van der Waals surface area contributed by atoms with E-state index in [0.29, 0.717) is 0 Å². The summed E-state index contributed by atoms with van der Waals surface area (Å²) in [6, 6.07) is 8.48. The first-order valence-electron chi connectivity index (χ1n) is 5.87. The fraction of sp³-hybridized carbons (Fsp3) is 0.286. The Kier molecular flexibility index (Phi) is 2.49. The number of nitrogens with zero attached hydrogens (tertiary/aromatic N) is 1. The van der Waals surface area contributed by atoms with Crippen molar-refractivity contribution in [2.75, 3.05) is 0 Å². The van der Waals surface area contributed by atoms with Gasteiger partial charge in [-0.05, 0) is 36.2 Å². The normalized spacial score (nSPS) is 14.5. The molecule has 0 unspecified atom stereocenters. The van der Waals surface area contributed by atoms with Gasteiger partial charge in [0.25, 0.3) is 0 Å². The molecule has 88 valence electrons. The van der Waals surface area contributed by atoms with Gasteiger partial charge in [0.2, 0.25) is 0 Å². The molecule has 1 aromatic heterocycles. The van der Waals surface area contributed by atoms with Crippen molar-refractivity contribution in [3.8, 4) is 11.3 Å². The van der Waals surface area contributed by atoms with Crippen LogP contribution in [0.5, 0.6) is 0 Å². The molecule has 1 heterocycles. The molecule has 0 fully saturated rings. The second-order valence-electron chi connectivity index (χ2n) is 4.80. The van der Waals surface area contributed by atoms with Gasteiger partial charge in [-0.2, -0.15) is 0 Å². The van der Waals surface area contributed by atoms with Crippen LogP contribution in [-0.4, -0.2) is 10.6 Å². The summed E-state index contributed by atoms with van der Waals surface area (Å²) >= 11 is 6.08. The largest absolute Gasteiger partial charge is 0.346 e. The Bertz CT molecular complexity index is 570. The summed E-state index contributed by atoms with van der Waals surface area (Å²) in [4.78, 5) is 0. The molecule has 0 aliphatic heterocycles. The van der Waals surface area contributed by atoms with Gasteiger partial charge < -0.3 is 10.3 Å². The smallest absolute Gasteiger partial charge is 0.0520 e. The third-order valence-electron chi connectivity index (χ3n) is 3.24. The van der Waals surface area contributed by atoms with Crippen molar-refractivity contribution in [3.63, 3.8) is 0 Å². The summed E-state index contributed by atoms with van der Waals surface area (Å²) < 4.78 is 2.24. The van der Waals surface area contributed by atoms with E-state index >= 15 is 0 Å². The predicted molar refractivity (Wildman–Crippen MR) is 71.3 cm³/mol. The fourth-order valence-electron chi connectivity index (χ4n) is 2.58. The summed E-state index contributed by atoms with van der Waals surface area (Å²) in [5.74, 6) is 0. The van der Waals surface area contributed by atoms with Crippen molar-refractivity contribution in [2.24, 2.45) is 5.73 Å². The quantitative estimate of drug-likeness (QED) is 0.740. The van der Waals surface area contributed by atoms with E-state index < -0.39 is 0 Å². The number of fused-ring (bicyclic) bond motifs is 3. The molecule has 0 saturated heterocycles. The molecule has 2 N–H and O–H groups in total. The Morgan fingerprint density at radius 3 is 2.94 bits per heavy atom. The highest BCUT2D eigenvalue weighted by Crippen LogP contribution is 2.38. The number of benzene rings is 1. The van der Waals surface area contributed by atoms with E-state index in [9.17, 15) is 0 Å². The molecule has 3 heteroatoms. The number of hydrogen-bond donors (Lipinski definition) is 1. The molecular weight excluding hydrogens is 232 g/mol. The minimum atomic E-state index is 0.162. The minimum absolute atomic E-state index is 0.162. The van der Waals surface area contributed by atoms with Gasteiger partial charge in [0.15, 0.2) is 0 Å². The zero-order chi connectivity index (χ0) is 12.0. The van der Waals surface area contributed by atoms with Gasteiger partial charge in [0.05, 0.1) is 5.69 Å². The van der Waals surface area contributed by atoms with E-state index in [1.807, 2.05) is 13.0 Å². The van der Waals surface area contributed by atoms with Crippen molar-refractivity contribution in [1.29, 1.82) is 0 Å². The molecule has 0 amide bonds. The van der Waals surface area contributed by atoms with Crippen LogP contribution >= 0.6 is 11.6 Å². The maximum absolute atomic E-state index is 6.08. The molecule has 0 radical (unpaired) electrons. The van der Waals surface area contributed by atoms with Crippen LogP contribution in [0, 0.1) is 0 Å². The first-order chi connectivity index (χ1) is 8.15. The van der Waals surface area contributed by atoms with E-state index in [1.165, 1.54) is 22.4 Å². The van der Waals surface area contributed by atoms with Crippen LogP contribution in [0.1, 0.15) is 18.1 Å². The molecule has 1 aromatic carbocycles. The van der Waals surface area contributed by atoms with Crippen LogP contribution in [0.4, 0.5) is 0 Å². The number of nitrogens with two attached hydrogens (primary N) is 1. The SMILES string of the molecule is C[C@@H](N)Cn1ccc2c1-c1cc(Cl)ccc1C2. The molecule has 1 aliphatic rings. The average Bonchev–Trinajstić information content (AvgIpc) is 2.78. The molecular formula is C14H15ClN2. The minimum Gasteiger partial charge on any atom is -0.346 e. The first-order valence-corrected chi connectivity index (χ1v) is 6.25. The number of aromatic nitrogens is 1. The van der Waals surface area contributed by atoms with Gasteiger partial charge in [-0.3, -0.25) is 0 Å². The number of rotatable bonds is 2. The highest BCUT2D eigenvalue weighted by Gasteiger charge is 2.22. The van der Waals surface area contributed by atoms with Crippen LogP contribution < -0.4 is 5.73 Å². The van der Waals surface area contributed by atoms with Gasteiger partial charge in [-0.25, -0.2) is 0 Å². The Labute approximate surface area is 106 Å². The highest BCUT2D eigenvalue weighted by molar-refractivity contribution is 6.30. The maximum Gasteiger partial charge on any atom is 0.0520 e. The molecule has 1 atom stereocenters. The summed E-state index contributed by atoms with van der Waals surface area (Å²) in [6.45, 7) is 2.88. The van der Waals surface area contributed by atoms with Gasteiger partial charge in [-0.1, -0.05) is 17.7 Å². The standard InChI is InChI=1S/C14H15ClN2/c1-9(16)8-17-5-4-11-6-10-2-3-12(15)7-13(10)14(11)17/h2-5,7,9H,6,8,16H2,1H3/t9-/m1/s1. The molecule has 2 aromatic rings. The Hall–Kier alpha value is -1.25. The third-order valence-corrected chi connectivity index (χ3v) is 3.47. The lowest BCUT2D eigenvalue weighted by Gasteiger charge is -2.11. The summed E-state index contributed by atoms with van der Waals surface area (Å²) in [5.41, 5.74) is 11.2. The summed E-state index contributed by atoms with van der Waals surface area (Å²) in [5, 5.41) is 0.796. The summed E-state index contributed by atoms with van der Waals surface area (Å²) in [6.07, 6.45) is 3.13. The van der Waals surface area contributed by atoms with Gasteiger partial charge in [-0.15, -0.1) is 0 Å². The van der Waals surface area contributed by atoms with Crippen LogP contribution in [0.15, 0.2) is 30.5 Å². The molecule has 0 bridgehead atoms. The zero-order valence-corrected chi connectivity index (χ0v) is 10.5. The lowest BCUT2D eigenvalue weighted by atomic mass is 10.1. The Morgan fingerprint density at radius 1 is 1.35 bits per heavy atom. The van der Waals surface area contributed by atoms with Crippen LogP contribution in [-0.2, 0) is 13.0 Å². The molecule has 0 saturated carbocycles. The Balaban J connectivity index is 2.12. The van der Waals surface area contributed by atoms with Crippen LogP contribution in [0.25, 0.3) is 11.3 Å². The molecule has 0 spiro atoms. The molecule has 1 aliphatic carbocycles. The van der Waals surface area contributed by atoms with Gasteiger partial charge in [0, 0.05) is 35.8 Å². The first kappa shape index (κ1) is 10.9. The molecule has 17 heavy (non-hydrogen) atoms. The molecule has 3 rings (SSSR count). The number of halogens is 1. The van der Waals surface area contributed by atoms with Crippen molar-refractivity contribution >= 4 is 11.6 Å². The lowest BCUT2D eigenvalue weighted by Crippen LogP contribution is -2.22. The second kappa shape index (κ2) is 3.90. The summed E-state index contributed by atoms with van der Waals surface area (Å²) in [7, 11) is 0. The van der Waals surface area contributed by atoms with E-state index in [0.717, 1.165) is 18.0 Å². The monoisotopic (exact) mass is 246 g/mol. The van der Waals surface area contributed by atoms with Crippen molar-refractivity contribution < 1.29 is 0 Å².